The third-order valence-electron chi connectivity index (χ3n) is 3.32. The molecule has 1 aromatic rings. The van der Waals surface area contributed by atoms with Crippen molar-refractivity contribution in [2.45, 2.75) is 19.8 Å². The van der Waals surface area contributed by atoms with Gasteiger partial charge in [0.2, 0.25) is 0 Å². The summed E-state index contributed by atoms with van der Waals surface area (Å²) >= 11 is 1.21. The van der Waals surface area contributed by atoms with E-state index in [0.29, 0.717) is 41.6 Å². The predicted molar refractivity (Wildman–Crippen MR) is 71.9 cm³/mol. The second-order valence-corrected chi connectivity index (χ2v) is 5.59. The molecule has 1 aliphatic rings. The van der Waals surface area contributed by atoms with Gasteiger partial charge in [-0.3, -0.25) is 9.59 Å². The molecule has 0 unspecified atom stereocenters. The molecule has 2 N–H and O–H groups in total. The molecule has 0 aliphatic carbocycles. The minimum atomic E-state index is -0.190. The summed E-state index contributed by atoms with van der Waals surface area (Å²) in [7, 11) is 1.39. The molecule has 1 amide bonds. The Labute approximate surface area is 115 Å². The molecule has 1 saturated heterocycles. The van der Waals surface area contributed by atoms with Gasteiger partial charge < -0.3 is 15.4 Å². The van der Waals surface area contributed by atoms with Gasteiger partial charge in [-0.2, -0.15) is 0 Å². The summed E-state index contributed by atoms with van der Waals surface area (Å²) in [5.41, 5.74) is 6.27. The SMILES string of the molecule is COC(=O)C1CCN(C(=O)c2sc(N)nc2C)CC1. The van der Waals surface area contributed by atoms with Gasteiger partial charge in [0, 0.05) is 13.1 Å². The lowest BCUT2D eigenvalue weighted by Gasteiger charge is -2.30. The molecular weight excluding hydrogens is 266 g/mol. The maximum Gasteiger partial charge on any atom is 0.308 e. The number of methoxy groups -OCH3 is 1. The van der Waals surface area contributed by atoms with E-state index >= 15 is 0 Å². The van der Waals surface area contributed by atoms with Gasteiger partial charge in [-0.25, -0.2) is 4.98 Å². The van der Waals surface area contributed by atoms with E-state index in [-0.39, 0.29) is 17.8 Å². The first kappa shape index (κ1) is 13.8. The van der Waals surface area contributed by atoms with Crippen molar-refractivity contribution in [3.63, 3.8) is 0 Å². The van der Waals surface area contributed by atoms with E-state index in [1.807, 2.05) is 0 Å². The standard InChI is InChI=1S/C12H17N3O3S/c1-7-9(19-12(13)14-7)10(16)15-5-3-8(4-6-15)11(17)18-2/h8H,3-6H2,1-2H3,(H2,13,14). The Morgan fingerprint density at radius 3 is 2.53 bits per heavy atom. The normalized spacial score (nSPS) is 16.4. The maximum atomic E-state index is 12.3. The molecule has 2 heterocycles. The fourth-order valence-electron chi connectivity index (χ4n) is 2.24. The largest absolute Gasteiger partial charge is 0.469 e. The van der Waals surface area contributed by atoms with Crippen molar-refractivity contribution in [3.05, 3.63) is 10.6 Å². The van der Waals surface area contributed by atoms with E-state index in [9.17, 15) is 9.59 Å². The van der Waals surface area contributed by atoms with Crippen molar-refractivity contribution in [2.75, 3.05) is 25.9 Å². The van der Waals surface area contributed by atoms with Crippen molar-refractivity contribution >= 4 is 28.3 Å². The van der Waals surface area contributed by atoms with Gasteiger partial charge in [0.05, 0.1) is 18.7 Å². The summed E-state index contributed by atoms with van der Waals surface area (Å²) in [5, 5.41) is 0.408. The molecule has 6 nitrogen and oxygen atoms in total. The van der Waals surface area contributed by atoms with Crippen LogP contribution in [-0.2, 0) is 9.53 Å². The van der Waals surface area contributed by atoms with Gasteiger partial charge >= 0.3 is 5.97 Å². The molecule has 2 rings (SSSR count). The minimum Gasteiger partial charge on any atom is -0.469 e. The highest BCUT2D eigenvalue weighted by Gasteiger charge is 2.29. The summed E-state index contributed by atoms with van der Waals surface area (Å²) in [5.74, 6) is -0.331. The fraction of sp³-hybridized carbons (Fsp3) is 0.583. The van der Waals surface area contributed by atoms with Crippen molar-refractivity contribution in [2.24, 2.45) is 5.92 Å². The zero-order chi connectivity index (χ0) is 14.0. The van der Waals surface area contributed by atoms with Crippen molar-refractivity contribution in [1.29, 1.82) is 0 Å². The topological polar surface area (TPSA) is 85.5 Å². The van der Waals surface area contributed by atoms with Crippen molar-refractivity contribution in [1.82, 2.24) is 9.88 Å². The summed E-state index contributed by atoms with van der Waals surface area (Å²) in [4.78, 5) is 30.1. The highest BCUT2D eigenvalue weighted by Crippen LogP contribution is 2.25. The summed E-state index contributed by atoms with van der Waals surface area (Å²) in [6.45, 7) is 2.91. The number of rotatable bonds is 2. The number of nitrogens with two attached hydrogens (primary N) is 1. The molecule has 0 saturated carbocycles. The van der Waals surface area contributed by atoms with E-state index in [0.717, 1.165) is 0 Å². The van der Waals surface area contributed by atoms with Crippen LogP contribution in [0.15, 0.2) is 0 Å². The first-order valence-corrected chi connectivity index (χ1v) is 6.94. The van der Waals surface area contributed by atoms with Crippen LogP contribution in [0.4, 0.5) is 5.13 Å². The monoisotopic (exact) mass is 283 g/mol. The van der Waals surface area contributed by atoms with Gasteiger partial charge in [-0.1, -0.05) is 11.3 Å². The molecule has 0 aromatic carbocycles. The number of esters is 1. The molecule has 0 bridgehead atoms. The number of nitrogen functional groups attached to an aromatic ring is 1. The Bertz CT molecular complexity index is 492. The zero-order valence-corrected chi connectivity index (χ0v) is 11.8. The average Bonchev–Trinajstić information content (AvgIpc) is 2.76. The molecular formula is C12H17N3O3S. The predicted octanol–water partition coefficient (Wildman–Crippen LogP) is 1.06. The molecule has 0 atom stereocenters. The molecule has 7 heteroatoms. The van der Waals surface area contributed by atoms with Gasteiger partial charge in [-0.05, 0) is 19.8 Å². The first-order valence-electron chi connectivity index (χ1n) is 6.13. The zero-order valence-electron chi connectivity index (χ0n) is 11.0. The number of nitrogens with zero attached hydrogens (tertiary/aromatic N) is 2. The Morgan fingerprint density at radius 1 is 1.42 bits per heavy atom. The lowest BCUT2D eigenvalue weighted by Crippen LogP contribution is -2.40. The maximum absolute atomic E-state index is 12.3. The minimum absolute atomic E-state index is 0.0463. The van der Waals surface area contributed by atoms with E-state index in [1.54, 1.807) is 11.8 Å². The quantitative estimate of drug-likeness (QED) is 0.820. The van der Waals surface area contributed by atoms with Crippen LogP contribution in [0, 0.1) is 12.8 Å². The number of amides is 1. The van der Waals surface area contributed by atoms with Crippen LogP contribution in [0.2, 0.25) is 0 Å². The Balaban J connectivity index is 2.00. The van der Waals surface area contributed by atoms with Crippen LogP contribution in [0.1, 0.15) is 28.2 Å². The second kappa shape index (κ2) is 5.56. The lowest BCUT2D eigenvalue weighted by atomic mass is 9.97. The second-order valence-electron chi connectivity index (χ2n) is 4.56. The highest BCUT2D eigenvalue weighted by molar-refractivity contribution is 7.17. The van der Waals surface area contributed by atoms with Gasteiger partial charge in [0.1, 0.15) is 4.88 Å². The smallest absolute Gasteiger partial charge is 0.308 e. The summed E-state index contributed by atoms with van der Waals surface area (Å²) < 4.78 is 4.73. The Hall–Kier alpha value is -1.63. The fourth-order valence-corrected chi connectivity index (χ4v) is 3.05. The van der Waals surface area contributed by atoms with Crippen molar-refractivity contribution in [3.8, 4) is 0 Å². The van der Waals surface area contributed by atoms with E-state index in [4.69, 9.17) is 10.5 Å². The van der Waals surface area contributed by atoms with E-state index < -0.39 is 0 Å². The van der Waals surface area contributed by atoms with Gasteiger partial charge in [0.25, 0.3) is 5.91 Å². The Kier molecular flexibility index (Phi) is 4.04. The number of thiazole rings is 1. The average molecular weight is 283 g/mol. The number of hydrogen-bond donors (Lipinski definition) is 1. The van der Waals surface area contributed by atoms with Crippen LogP contribution in [-0.4, -0.2) is 42.0 Å². The molecule has 0 radical (unpaired) electrons. The number of carbonyl (C=O) groups excluding carboxylic acids is 2. The number of aryl methyl sites for hydroxylation is 1. The molecule has 1 fully saturated rings. The molecule has 104 valence electrons. The number of anilines is 1. The Morgan fingerprint density at radius 2 is 2.05 bits per heavy atom. The van der Waals surface area contributed by atoms with Crippen LogP contribution in [0.3, 0.4) is 0 Å². The number of likely N-dealkylation sites (tertiary alicyclic amines) is 1. The highest BCUT2D eigenvalue weighted by atomic mass is 32.1. The summed E-state index contributed by atoms with van der Waals surface area (Å²) in [6, 6.07) is 0. The van der Waals surface area contributed by atoms with Crippen LogP contribution < -0.4 is 5.73 Å². The van der Waals surface area contributed by atoms with Crippen LogP contribution in [0.5, 0.6) is 0 Å². The number of hydrogen-bond acceptors (Lipinski definition) is 6. The lowest BCUT2D eigenvalue weighted by molar-refractivity contribution is -0.146. The van der Waals surface area contributed by atoms with Crippen LogP contribution >= 0.6 is 11.3 Å². The molecule has 0 spiro atoms. The van der Waals surface area contributed by atoms with Crippen LogP contribution in [0.25, 0.3) is 0 Å². The molecule has 19 heavy (non-hydrogen) atoms. The number of piperidine rings is 1. The first-order chi connectivity index (χ1) is 9.02. The van der Waals surface area contributed by atoms with Gasteiger partial charge in [0.15, 0.2) is 5.13 Å². The number of aromatic nitrogens is 1. The van der Waals surface area contributed by atoms with Crippen molar-refractivity contribution < 1.29 is 14.3 Å². The number of ether oxygens (including phenoxy) is 1. The third-order valence-corrected chi connectivity index (χ3v) is 4.30. The number of carbonyl (C=O) groups is 2. The molecule has 1 aromatic heterocycles. The summed E-state index contributed by atoms with van der Waals surface area (Å²) in [6.07, 6.45) is 1.29. The third kappa shape index (κ3) is 2.86. The molecule has 1 aliphatic heterocycles. The van der Waals surface area contributed by atoms with Gasteiger partial charge in [-0.15, -0.1) is 0 Å². The van der Waals surface area contributed by atoms with E-state index in [2.05, 4.69) is 4.98 Å². The van der Waals surface area contributed by atoms with E-state index in [1.165, 1.54) is 18.4 Å².